The summed E-state index contributed by atoms with van der Waals surface area (Å²) in [5, 5.41) is 1.03. The van der Waals surface area contributed by atoms with Gasteiger partial charge in [-0.15, -0.1) is 0 Å². The second kappa shape index (κ2) is 7.62. The summed E-state index contributed by atoms with van der Waals surface area (Å²) >= 11 is 0. The second-order valence-corrected chi connectivity index (χ2v) is 7.56. The molecule has 0 bridgehead atoms. The van der Waals surface area contributed by atoms with E-state index in [1.54, 1.807) is 18.0 Å². The van der Waals surface area contributed by atoms with Gasteiger partial charge in [0.15, 0.2) is 0 Å². The molecule has 0 aliphatic carbocycles. The highest BCUT2D eigenvalue weighted by Crippen LogP contribution is 2.31. The molecule has 2 aromatic carbocycles. The van der Waals surface area contributed by atoms with Crippen LogP contribution in [0.15, 0.2) is 52.9 Å². The van der Waals surface area contributed by atoms with Gasteiger partial charge in [-0.2, -0.15) is 0 Å². The van der Waals surface area contributed by atoms with Crippen molar-refractivity contribution in [2.75, 3.05) is 25.0 Å². The van der Waals surface area contributed by atoms with Crippen LogP contribution in [0.25, 0.3) is 11.0 Å². The van der Waals surface area contributed by atoms with Crippen molar-refractivity contribution in [1.29, 1.82) is 0 Å². The van der Waals surface area contributed by atoms with Gasteiger partial charge < -0.3 is 20.0 Å². The molecule has 2 N–H and O–H groups in total. The SMILES string of the molecule is CC(c1cc2ccccc2o1)N(C)C(=O)CN1CCCc2c(C(N)=O)cccc21. The number of nitrogens with two attached hydrogens (primary N) is 1. The number of fused-ring (bicyclic) bond motifs is 2. The Kier molecular flexibility index (Phi) is 5.01. The van der Waals surface area contributed by atoms with Crippen molar-refractivity contribution in [3.05, 3.63) is 65.4 Å². The van der Waals surface area contributed by atoms with E-state index in [9.17, 15) is 9.59 Å². The van der Waals surface area contributed by atoms with E-state index in [4.69, 9.17) is 10.2 Å². The van der Waals surface area contributed by atoms with Gasteiger partial charge in [-0.3, -0.25) is 9.59 Å². The third-order valence-corrected chi connectivity index (χ3v) is 5.77. The van der Waals surface area contributed by atoms with E-state index in [0.717, 1.165) is 47.4 Å². The number of hydrogen-bond acceptors (Lipinski definition) is 4. The molecule has 29 heavy (non-hydrogen) atoms. The van der Waals surface area contributed by atoms with Crippen LogP contribution >= 0.6 is 0 Å². The average molecular weight is 391 g/mol. The van der Waals surface area contributed by atoms with E-state index in [0.29, 0.717) is 5.56 Å². The molecule has 2 heterocycles. The van der Waals surface area contributed by atoms with Crippen LogP contribution in [0.5, 0.6) is 0 Å². The Morgan fingerprint density at radius 3 is 2.76 bits per heavy atom. The molecule has 1 aliphatic rings. The molecule has 6 nitrogen and oxygen atoms in total. The number of carbonyl (C=O) groups is 2. The third-order valence-electron chi connectivity index (χ3n) is 5.77. The van der Waals surface area contributed by atoms with Crippen LogP contribution in [0.1, 0.15) is 41.1 Å². The predicted molar refractivity (Wildman–Crippen MR) is 113 cm³/mol. The number of benzene rings is 2. The first-order valence-electron chi connectivity index (χ1n) is 9.86. The van der Waals surface area contributed by atoms with E-state index in [1.807, 2.05) is 54.3 Å². The maximum Gasteiger partial charge on any atom is 0.249 e. The zero-order valence-electron chi connectivity index (χ0n) is 16.7. The number of hydrogen-bond donors (Lipinski definition) is 1. The predicted octanol–water partition coefficient (Wildman–Crippen LogP) is 3.50. The van der Waals surface area contributed by atoms with Crippen LogP contribution in [0, 0.1) is 0 Å². The maximum atomic E-state index is 13.0. The van der Waals surface area contributed by atoms with Crippen molar-refractivity contribution in [2.45, 2.75) is 25.8 Å². The molecule has 0 saturated carbocycles. The average Bonchev–Trinajstić information content (AvgIpc) is 3.16. The molecule has 1 atom stereocenters. The minimum absolute atomic E-state index is 0.00437. The van der Waals surface area contributed by atoms with Crippen LogP contribution in [-0.2, 0) is 11.2 Å². The molecule has 0 spiro atoms. The standard InChI is InChI=1S/C23H25N3O3/c1-15(21-13-16-7-3-4-11-20(16)29-21)25(2)22(27)14-26-12-6-9-17-18(23(24)28)8-5-10-19(17)26/h3-5,7-8,10-11,13,15H,6,9,12,14H2,1-2H3,(H2,24,28). The van der Waals surface area contributed by atoms with Gasteiger partial charge in [0.2, 0.25) is 11.8 Å². The van der Waals surface area contributed by atoms with Gasteiger partial charge in [-0.25, -0.2) is 0 Å². The highest BCUT2D eigenvalue weighted by Gasteiger charge is 2.26. The van der Waals surface area contributed by atoms with Crippen molar-refractivity contribution < 1.29 is 14.0 Å². The lowest BCUT2D eigenvalue weighted by atomic mass is 9.96. The van der Waals surface area contributed by atoms with Gasteiger partial charge in [0.25, 0.3) is 0 Å². The monoisotopic (exact) mass is 391 g/mol. The fourth-order valence-corrected chi connectivity index (χ4v) is 3.99. The van der Waals surface area contributed by atoms with Crippen molar-refractivity contribution in [1.82, 2.24) is 4.90 Å². The Labute approximate surface area is 169 Å². The Hall–Kier alpha value is -3.28. The van der Waals surface area contributed by atoms with Crippen LogP contribution in [-0.4, -0.2) is 36.9 Å². The van der Waals surface area contributed by atoms with Crippen molar-refractivity contribution in [3.63, 3.8) is 0 Å². The molecular weight excluding hydrogens is 366 g/mol. The normalized spacial score (nSPS) is 14.5. The van der Waals surface area contributed by atoms with E-state index in [2.05, 4.69) is 0 Å². The van der Waals surface area contributed by atoms with Gasteiger partial charge in [-0.1, -0.05) is 24.3 Å². The third kappa shape index (κ3) is 3.58. The molecule has 1 unspecified atom stereocenters. The van der Waals surface area contributed by atoms with Gasteiger partial charge in [0.05, 0.1) is 12.6 Å². The van der Waals surface area contributed by atoms with Crippen molar-refractivity contribution >= 4 is 28.5 Å². The van der Waals surface area contributed by atoms with Crippen LogP contribution in [0.2, 0.25) is 0 Å². The Bertz CT molecular complexity index is 1040. The van der Waals surface area contributed by atoms with E-state index < -0.39 is 5.91 Å². The quantitative estimate of drug-likeness (QED) is 0.722. The summed E-state index contributed by atoms with van der Waals surface area (Å²) in [6.07, 6.45) is 1.68. The molecule has 150 valence electrons. The number of primary amides is 1. The van der Waals surface area contributed by atoms with Gasteiger partial charge in [-0.05, 0) is 49.6 Å². The van der Waals surface area contributed by atoms with E-state index >= 15 is 0 Å². The Morgan fingerprint density at radius 1 is 1.21 bits per heavy atom. The molecule has 0 fully saturated rings. The zero-order chi connectivity index (χ0) is 20.5. The first-order valence-corrected chi connectivity index (χ1v) is 9.86. The molecule has 4 rings (SSSR count). The fraction of sp³-hybridized carbons (Fsp3) is 0.304. The topological polar surface area (TPSA) is 79.8 Å². The molecule has 1 aliphatic heterocycles. The molecule has 0 radical (unpaired) electrons. The lowest BCUT2D eigenvalue weighted by molar-refractivity contribution is -0.130. The highest BCUT2D eigenvalue weighted by atomic mass is 16.3. The van der Waals surface area contributed by atoms with Gasteiger partial charge in [0.1, 0.15) is 11.3 Å². The highest BCUT2D eigenvalue weighted by molar-refractivity contribution is 5.96. The second-order valence-electron chi connectivity index (χ2n) is 7.56. The van der Waals surface area contributed by atoms with E-state index in [1.165, 1.54) is 0 Å². The number of amides is 2. The minimum atomic E-state index is -0.425. The fourth-order valence-electron chi connectivity index (χ4n) is 3.99. The number of rotatable bonds is 5. The Balaban J connectivity index is 1.52. The molecule has 3 aromatic rings. The summed E-state index contributed by atoms with van der Waals surface area (Å²) in [6, 6.07) is 15.2. The van der Waals surface area contributed by atoms with Crippen molar-refractivity contribution in [3.8, 4) is 0 Å². The number of anilines is 1. The molecule has 1 aromatic heterocycles. The lowest BCUT2D eigenvalue weighted by Crippen LogP contribution is -2.41. The first kappa shape index (κ1) is 19.1. The number of para-hydroxylation sites is 1. The van der Waals surface area contributed by atoms with Gasteiger partial charge in [0, 0.05) is 30.2 Å². The molecular formula is C23H25N3O3. The van der Waals surface area contributed by atoms with Crippen molar-refractivity contribution in [2.24, 2.45) is 5.73 Å². The minimum Gasteiger partial charge on any atom is -0.459 e. The molecule has 0 saturated heterocycles. The largest absolute Gasteiger partial charge is 0.459 e. The number of nitrogens with zero attached hydrogens (tertiary/aromatic N) is 2. The van der Waals surface area contributed by atoms with Crippen LogP contribution in [0.3, 0.4) is 0 Å². The molecule has 2 amide bonds. The Morgan fingerprint density at radius 2 is 2.00 bits per heavy atom. The summed E-state index contributed by atoms with van der Waals surface area (Å²) < 4.78 is 5.93. The smallest absolute Gasteiger partial charge is 0.249 e. The number of furan rings is 1. The van der Waals surface area contributed by atoms with Gasteiger partial charge >= 0.3 is 0 Å². The summed E-state index contributed by atoms with van der Waals surface area (Å²) in [5.41, 5.74) is 8.75. The summed E-state index contributed by atoms with van der Waals surface area (Å²) in [4.78, 5) is 28.5. The lowest BCUT2D eigenvalue weighted by Gasteiger charge is -2.33. The maximum absolute atomic E-state index is 13.0. The number of carbonyl (C=O) groups excluding carboxylic acids is 2. The van der Waals surface area contributed by atoms with Crippen LogP contribution in [0.4, 0.5) is 5.69 Å². The van der Waals surface area contributed by atoms with E-state index in [-0.39, 0.29) is 18.5 Å². The first-order chi connectivity index (χ1) is 14.0. The number of likely N-dealkylation sites (N-methyl/N-ethyl adjacent to an activating group) is 1. The summed E-state index contributed by atoms with van der Waals surface area (Å²) in [5.74, 6) is 0.332. The zero-order valence-corrected chi connectivity index (χ0v) is 16.7. The molecule has 6 heteroatoms. The van der Waals surface area contributed by atoms with Crippen LogP contribution < -0.4 is 10.6 Å². The summed E-state index contributed by atoms with van der Waals surface area (Å²) in [6.45, 7) is 2.98. The summed E-state index contributed by atoms with van der Waals surface area (Å²) in [7, 11) is 1.80.